The molecule has 2 aromatic carbocycles. The van der Waals surface area contributed by atoms with Crippen molar-refractivity contribution in [3.63, 3.8) is 0 Å². The third-order valence-electron chi connectivity index (χ3n) is 3.88. The summed E-state index contributed by atoms with van der Waals surface area (Å²) >= 11 is 0. The molecule has 0 bridgehead atoms. The molecule has 0 fully saturated rings. The lowest BCUT2D eigenvalue weighted by molar-refractivity contribution is -0.121. The summed E-state index contributed by atoms with van der Waals surface area (Å²) in [4.78, 5) is 24.0. The molecule has 1 aromatic heterocycles. The van der Waals surface area contributed by atoms with Crippen molar-refractivity contribution in [2.75, 3.05) is 6.54 Å². The minimum atomic E-state index is -0.335. The third kappa shape index (κ3) is 4.63. The summed E-state index contributed by atoms with van der Waals surface area (Å²) in [6, 6.07) is 18.6. The molecular weight excluding hydrogens is 333 g/mol. The predicted octanol–water partition coefficient (Wildman–Crippen LogP) is 2.41. The van der Waals surface area contributed by atoms with Gasteiger partial charge in [0.1, 0.15) is 12.4 Å². The van der Waals surface area contributed by atoms with Gasteiger partial charge in [0, 0.05) is 18.2 Å². The highest BCUT2D eigenvalue weighted by atomic mass is 19.1. The lowest BCUT2D eigenvalue weighted by Gasteiger charge is -2.08. The molecule has 0 saturated carbocycles. The molecule has 6 heteroatoms. The summed E-state index contributed by atoms with van der Waals surface area (Å²) in [6.45, 7) is 0.251. The number of aromatic nitrogens is 2. The summed E-state index contributed by atoms with van der Waals surface area (Å²) in [7, 11) is 0. The van der Waals surface area contributed by atoms with E-state index < -0.39 is 0 Å². The Kier molecular flexibility index (Phi) is 5.53. The molecule has 0 aliphatic carbocycles. The zero-order valence-corrected chi connectivity index (χ0v) is 14.1. The van der Waals surface area contributed by atoms with Gasteiger partial charge in [-0.2, -0.15) is 5.10 Å². The first-order valence-electron chi connectivity index (χ1n) is 8.26. The maximum Gasteiger partial charge on any atom is 0.267 e. The van der Waals surface area contributed by atoms with Crippen LogP contribution in [0.3, 0.4) is 0 Å². The van der Waals surface area contributed by atoms with Gasteiger partial charge >= 0.3 is 0 Å². The third-order valence-corrected chi connectivity index (χ3v) is 3.88. The second-order valence-corrected chi connectivity index (χ2v) is 5.81. The molecule has 5 nitrogen and oxygen atoms in total. The number of carbonyl (C=O) groups is 1. The molecule has 0 radical (unpaired) electrons. The van der Waals surface area contributed by atoms with Gasteiger partial charge in [-0.1, -0.05) is 42.5 Å². The molecule has 1 N–H and O–H groups in total. The van der Waals surface area contributed by atoms with Crippen LogP contribution < -0.4 is 10.9 Å². The van der Waals surface area contributed by atoms with Crippen LogP contribution >= 0.6 is 0 Å². The number of rotatable bonds is 6. The van der Waals surface area contributed by atoms with Crippen molar-refractivity contribution in [2.45, 2.75) is 13.0 Å². The average Bonchev–Trinajstić information content (AvgIpc) is 2.66. The van der Waals surface area contributed by atoms with Crippen LogP contribution in [0.4, 0.5) is 4.39 Å². The van der Waals surface area contributed by atoms with Crippen molar-refractivity contribution < 1.29 is 9.18 Å². The van der Waals surface area contributed by atoms with E-state index in [2.05, 4.69) is 10.4 Å². The fraction of sp³-hybridized carbons (Fsp3) is 0.150. The van der Waals surface area contributed by atoms with E-state index in [-0.39, 0.29) is 23.8 Å². The fourth-order valence-corrected chi connectivity index (χ4v) is 2.51. The van der Waals surface area contributed by atoms with Crippen LogP contribution in [0.15, 0.2) is 71.5 Å². The lowest BCUT2D eigenvalue weighted by atomic mass is 10.1. The van der Waals surface area contributed by atoms with E-state index in [0.29, 0.717) is 18.7 Å². The predicted molar refractivity (Wildman–Crippen MR) is 97.0 cm³/mol. The smallest absolute Gasteiger partial charge is 0.267 e. The molecule has 3 aromatic rings. The fourth-order valence-electron chi connectivity index (χ4n) is 2.51. The van der Waals surface area contributed by atoms with Gasteiger partial charge in [-0.25, -0.2) is 9.07 Å². The van der Waals surface area contributed by atoms with Gasteiger partial charge in [0.15, 0.2) is 0 Å². The minimum Gasteiger partial charge on any atom is -0.354 e. The topological polar surface area (TPSA) is 64.0 Å². The van der Waals surface area contributed by atoms with Crippen LogP contribution in [0.1, 0.15) is 5.56 Å². The summed E-state index contributed by atoms with van der Waals surface area (Å²) in [5, 5.41) is 7.01. The molecule has 0 aliphatic rings. The van der Waals surface area contributed by atoms with Crippen molar-refractivity contribution >= 4 is 5.91 Å². The van der Waals surface area contributed by atoms with E-state index in [1.54, 1.807) is 18.2 Å². The standard InChI is InChI=1S/C20H18FN3O2/c21-17-8-6-15(7-9-17)12-13-22-19(25)14-24-20(26)11-10-18(23-24)16-4-2-1-3-5-16/h1-11H,12-14H2,(H,22,25). The van der Waals surface area contributed by atoms with E-state index in [4.69, 9.17) is 0 Å². The van der Waals surface area contributed by atoms with Gasteiger partial charge in [0.05, 0.1) is 5.69 Å². The summed E-state index contributed by atoms with van der Waals surface area (Å²) < 4.78 is 14.0. The Hall–Kier alpha value is -3.28. The Labute approximate surface area is 150 Å². The monoisotopic (exact) mass is 351 g/mol. The highest BCUT2D eigenvalue weighted by Crippen LogP contribution is 2.13. The number of halogens is 1. The molecule has 3 rings (SSSR count). The van der Waals surface area contributed by atoms with Gasteiger partial charge in [0.2, 0.25) is 5.91 Å². The Bertz CT molecular complexity index is 937. The second-order valence-electron chi connectivity index (χ2n) is 5.81. The SMILES string of the molecule is O=C(Cn1nc(-c2ccccc2)ccc1=O)NCCc1ccc(F)cc1. The molecule has 132 valence electrons. The van der Waals surface area contributed by atoms with E-state index in [9.17, 15) is 14.0 Å². The number of carbonyl (C=O) groups excluding carboxylic acids is 1. The van der Waals surface area contributed by atoms with Crippen LogP contribution in [0.5, 0.6) is 0 Å². The second kappa shape index (κ2) is 8.20. The Morgan fingerprint density at radius 3 is 2.46 bits per heavy atom. The first kappa shape index (κ1) is 17.5. The quantitative estimate of drug-likeness (QED) is 0.742. The lowest BCUT2D eigenvalue weighted by Crippen LogP contribution is -2.34. The van der Waals surface area contributed by atoms with Crippen LogP contribution in [0, 0.1) is 5.82 Å². The zero-order chi connectivity index (χ0) is 18.4. The van der Waals surface area contributed by atoms with Crippen LogP contribution in [0.2, 0.25) is 0 Å². The highest BCUT2D eigenvalue weighted by Gasteiger charge is 2.07. The Morgan fingerprint density at radius 2 is 1.73 bits per heavy atom. The number of hydrogen-bond acceptors (Lipinski definition) is 3. The number of hydrogen-bond donors (Lipinski definition) is 1. The Balaban J connectivity index is 1.60. The van der Waals surface area contributed by atoms with Crippen LogP contribution in [0.25, 0.3) is 11.3 Å². The summed E-state index contributed by atoms with van der Waals surface area (Å²) in [5.41, 5.74) is 2.09. The van der Waals surface area contributed by atoms with Gasteiger partial charge in [-0.3, -0.25) is 9.59 Å². The molecule has 0 aliphatic heterocycles. The maximum absolute atomic E-state index is 12.9. The van der Waals surface area contributed by atoms with Crippen molar-refractivity contribution in [2.24, 2.45) is 0 Å². The molecule has 0 unspecified atom stereocenters. The minimum absolute atomic E-state index is 0.150. The van der Waals surface area contributed by atoms with Crippen molar-refractivity contribution in [1.82, 2.24) is 15.1 Å². The van der Waals surface area contributed by atoms with Crippen LogP contribution in [-0.2, 0) is 17.8 Å². The van der Waals surface area contributed by atoms with Crippen molar-refractivity contribution in [3.05, 3.63) is 88.5 Å². The van der Waals surface area contributed by atoms with Gasteiger partial charge < -0.3 is 5.32 Å². The number of benzene rings is 2. The van der Waals surface area contributed by atoms with Crippen LogP contribution in [-0.4, -0.2) is 22.2 Å². The van der Waals surface area contributed by atoms with Gasteiger partial charge in [-0.15, -0.1) is 0 Å². The first-order chi connectivity index (χ1) is 12.6. The molecule has 1 amide bonds. The van der Waals surface area contributed by atoms with Gasteiger partial charge in [-0.05, 0) is 30.2 Å². The van der Waals surface area contributed by atoms with E-state index >= 15 is 0 Å². The van der Waals surface area contributed by atoms with E-state index in [1.807, 2.05) is 30.3 Å². The zero-order valence-electron chi connectivity index (χ0n) is 14.1. The summed E-state index contributed by atoms with van der Waals surface area (Å²) in [5.74, 6) is -0.589. The average molecular weight is 351 g/mol. The number of nitrogens with zero attached hydrogens (tertiary/aromatic N) is 2. The van der Waals surface area contributed by atoms with E-state index in [1.165, 1.54) is 18.2 Å². The molecule has 0 atom stereocenters. The molecular formula is C20H18FN3O2. The first-order valence-corrected chi connectivity index (χ1v) is 8.26. The largest absolute Gasteiger partial charge is 0.354 e. The van der Waals surface area contributed by atoms with Crippen molar-refractivity contribution in [3.8, 4) is 11.3 Å². The number of amides is 1. The molecule has 0 spiro atoms. The Morgan fingerprint density at radius 1 is 1.00 bits per heavy atom. The van der Waals surface area contributed by atoms with E-state index in [0.717, 1.165) is 15.8 Å². The molecule has 26 heavy (non-hydrogen) atoms. The maximum atomic E-state index is 12.9. The normalized spacial score (nSPS) is 10.5. The summed E-state index contributed by atoms with van der Waals surface area (Å²) in [6.07, 6.45) is 0.582. The number of nitrogens with one attached hydrogen (secondary N) is 1. The highest BCUT2D eigenvalue weighted by molar-refractivity contribution is 5.75. The van der Waals surface area contributed by atoms with Gasteiger partial charge in [0.25, 0.3) is 5.56 Å². The van der Waals surface area contributed by atoms with Crippen molar-refractivity contribution in [1.29, 1.82) is 0 Å². The molecule has 1 heterocycles. The molecule has 0 saturated heterocycles.